The summed E-state index contributed by atoms with van der Waals surface area (Å²) in [5.41, 5.74) is 3.73. The van der Waals surface area contributed by atoms with E-state index in [0.717, 1.165) is 5.56 Å². The monoisotopic (exact) mass is 546 g/mol. The first-order valence-electron chi connectivity index (χ1n) is 13.0. The van der Waals surface area contributed by atoms with Gasteiger partial charge in [0.1, 0.15) is 5.75 Å². The van der Waals surface area contributed by atoms with E-state index in [2.05, 4.69) is 0 Å². The number of hydrogen-bond acceptors (Lipinski definition) is 9. The molecular formula is C30H30N2O8. The maximum absolute atomic E-state index is 14.0. The van der Waals surface area contributed by atoms with Crippen LogP contribution in [-0.4, -0.2) is 81.1 Å². The molecule has 1 amide bonds. The normalized spacial score (nSPS) is 33.6. The highest BCUT2D eigenvalue weighted by atomic mass is 16.3. The Kier molecular flexibility index (Phi) is 6.60. The smallest absolute Gasteiger partial charge is 0.235 e. The van der Waals surface area contributed by atoms with Crippen LogP contribution in [0.2, 0.25) is 0 Å². The van der Waals surface area contributed by atoms with Crippen LogP contribution in [0, 0.1) is 23.7 Å². The van der Waals surface area contributed by atoms with Crippen molar-refractivity contribution < 1.29 is 39.3 Å². The number of benzene rings is 2. The number of aliphatic hydroxyl groups is 2. The van der Waals surface area contributed by atoms with Crippen LogP contribution in [0.3, 0.4) is 0 Å². The fourth-order valence-corrected chi connectivity index (χ4v) is 6.89. The van der Waals surface area contributed by atoms with E-state index < -0.39 is 76.4 Å². The number of fused-ring (bicyclic) bond motifs is 3. The molecule has 0 aromatic heterocycles. The predicted octanol–water partition coefficient (Wildman–Crippen LogP) is 0.569. The molecule has 0 heterocycles. The van der Waals surface area contributed by atoms with Crippen LogP contribution in [0.25, 0.3) is 12.2 Å². The van der Waals surface area contributed by atoms with Gasteiger partial charge >= 0.3 is 0 Å². The van der Waals surface area contributed by atoms with Crippen molar-refractivity contribution in [1.29, 1.82) is 0 Å². The van der Waals surface area contributed by atoms with Crippen molar-refractivity contribution in [1.82, 2.24) is 4.90 Å². The van der Waals surface area contributed by atoms with Crippen LogP contribution in [-0.2, 0) is 19.2 Å². The van der Waals surface area contributed by atoms with Gasteiger partial charge in [-0.25, -0.2) is 0 Å². The summed E-state index contributed by atoms with van der Waals surface area (Å²) in [7, 11) is 2.90. The molecule has 0 bridgehead atoms. The summed E-state index contributed by atoms with van der Waals surface area (Å²) in [6.45, 7) is 1.67. The Morgan fingerprint density at radius 2 is 1.65 bits per heavy atom. The molecule has 8 atom stereocenters. The quantitative estimate of drug-likeness (QED) is 0.316. The van der Waals surface area contributed by atoms with E-state index in [0.29, 0.717) is 11.1 Å². The molecule has 208 valence electrons. The number of phenols is 1. The molecule has 2 saturated carbocycles. The number of carbonyl (C=O) groups is 5. The number of nitrogens with zero attached hydrogens (tertiary/aromatic N) is 1. The van der Waals surface area contributed by atoms with E-state index in [1.54, 1.807) is 31.2 Å². The van der Waals surface area contributed by atoms with Gasteiger partial charge in [0, 0.05) is 11.5 Å². The van der Waals surface area contributed by atoms with Gasteiger partial charge in [-0.15, -0.1) is 0 Å². The van der Waals surface area contributed by atoms with E-state index in [1.165, 1.54) is 19.0 Å². The van der Waals surface area contributed by atoms with Gasteiger partial charge in [-0.2, -0.15) is 0 Å². The molecule has 10 nitrogen and oxygen atoms in total. The number of ketones is 4. The number of nitrogens with two attached hydrogens (primary N) is 1. The maximum atomic E-state index is 14.0. The molecule has 0 spiro atoms. The number of aliphatic hydroxyl groups excluding tert-OH is 1. The molecule has 2 aromatic carbocycles. The van der Waals surface area contributed by atoms with Gasteiger partial charge in [0.25, 0.3) is 0 Å². The number of hydrogen-bond donors (Lipinski definition) is 4. The van der Waals surface area contributed by atoms with Gasteiger partial charge < -0.3 is 21.1 Å². The van der Waals surface area contributed by atoms with Gasteiger partial charge in [-0.1, -0.05) is 61.5 Å². The topological polar surface area (TPSA) is 175 Å². The SMILES string of the molecule is C[C@@H]1c2ccc(C=Cc3ccccc3)c(O)c2C(=O)C2C(=O)[C@@]3(O)C(=O)C(C(N)=O)C(=O)[C@H](N(C)C)[C@H]3[C@H](O)[C@H]21. The number of amides is 1. The number of aromatic hydroxyl groups is 1. The van der Waals surface area contributed by atoms with E-state index >= 15 is 0 Å². The highest BCUT2D eigenvalue weighted by molar-refractivity contribution is 6.32. The first kappa shape index (κ1) is 27.6. The molecule has 10 heteroatoms. The van der Waals surface area contributed by atoms with Crippen LogP contribution >= 0.6 is 0 Å². The fraction of sp³-hybridized carbons (Fsp3) is 0.367. The van der Waals surface area contributed by atoms with Crippen molar-refractivity contribution in [3.05, 3.63) is 64.7 Å². The summed E-state index contributed by atoms with van der Waals surface area (Å²) in [5.74, 6) is -13.4. The predicted molar refractivity (Wildman–Crippen MR) is 143 cm³/mol. The van der Waals surface area contributed by atoms with Crippen LogP contribution < -0.4 is 5.73 Å². The van der Waals surface area contributed by atoms with Gasteiger partial charge in [0.2, 0.25) is 5.91 Å². The molecular weight excluding hydrogens is 516 g/mol. The van der Waals surface area contributed by atoms with Gasteiger partial charge in [0.15, 0.2) is 34.7 Å². The molecule has 3 aliphatic rings. The fourth-order valence-electron chi connectivity index (χ4n) is 6.89. The zero-order chi connectivity index (χ0) is 29.3. The average molecular weight is 547 g/mol. The Morgan fingerprint density at radius 1 is 1.00 bits per heavy atom. The third-order valence-electron chi connectivity index (χ3n) is 8.78. The van der Waals surface area contributed by atoms with Crippen molar-refractivity contribution >= 4 is 41.2 Å². The summed E-state index contributed by atoms with van der Waals surface area (Å²) < 4.78 is 0. The number of rotatable bonds is 4. The molecule has 0 radical (unpaired) electrons. The Hall–Kier alpha value is -3.99. The second-order valence-electron chi connectivity index (χ2n) is 11.1. The minimum Gasteiger partial charge on any atom is -0.507 e. The van der Waals surface area contributed by atoms with Gasteiger partial charge in [0.05, 0.1) is 29.5 Å². The number of carbonyl (C=O) groups excluding carboxylic acids is 5. The summed E-state index contributed by atoms with van der Waals surface area (Å²) in [6.07, 6.45) is 1.70. The van der Waals surface area contributed by atoms with E-state index in [-0.39, 0.29) is 11.3 Å². The zero-order valence-corrected chi connectivity index (χ0v) is 22.1. The number of phenolic OH excluding ortho intramolecular Hbond substituents is 1. The highest BCUT2D eigenvalue weighted by Crippen LogP contribution is 2.54. The third-order valence-corrected chi connectivity index (χ3v) is 8.78. The molecule has 5 rings (SSSR count). The van der Waals surface area contributed by atoms with Crippen molar-refractivity contribution in [3.8, 4) is 5.75 Å². The second kappa shape index (κ2) is 9.58. The summed E-state index contributed by atoms with van der Waals surface area (Å²) in [6, 6.07) is 11.1. The minimum atomic E-state index is -3.02. The summed E-state index contributed by atoms with van der Waals surface area (Å²) in [5, 5.41) is 34.5. The molecule has 40 heavy (non-hydrogen) atoms. The third kappa shape index (κ3) is 3.71. The lowest BCUT2D eigenvalue weighted by Crippen LogP contribution is -2.77. The van der Waals surface area contributed by atoms with Crippen LogP contribution in [0.5, 0.6) is 5.75 Å². The molecule has 2 aromatic rings. The molecule has 0 saturated heterocycles. The largest absolute Gasteiger partial charge is 0.507 e. The van der Waals surface area contributed by atoms with Gasteiger partial charge in [-0.3, -0.25) is 28.9 Å². The van der Waals surface area contributed by atoms with Crippen LogP contribution in [0.4, 0.5) is 0 Å². The zero-order valence-electron chi connectivity index (χ0n) is 22.1. The first-order valence-corrected chi connectivity index (χ1v) is 13.0. The van der Waals surface area contributed by atoms with Crippen LogP contribution in [0.15, 0.2) is 42.5 Å². The number of primary amides is 1. The summed E-state index contributed by atoms with van der Waals surface area (Å²) in [4.78, 5) is 68.0. The minimum absolute atomic E-state index is 0.137. The lowest BCUT2D eigenvalue weighted by molar-refractivity contribution is -0.196. The van der Waals surface area contributed by atoms with Crippen molar-refractivity contribution in [2.45, 2.75) is 30.6 Å². The van der Waals surface area contributed by atoms with E-state index in [4.69, 9.17) is 5.73 Å². The Morgan fingerprint density at radius 3 is 2.25 bits per heavy atom. The Bertz CT molecular complexity index is 1480. The van der Waals surface area contributed by atoms with Crippen molar-refractivity contribution in [2.24, 2.45) is 29.4 Å². The van der Waals surface area contributed by atoms with E-state index in [1.807, 2.05) is 30.3 Å². The molecule has 0 aliphatic heterocycles. The number of likely N-dealkylation sites (N-methyl/N-ethyl adjacent to an activating group) is 1. The lowest BCUT2D eigenvalue weighted by Gasteiger charge is -2.56. The second-order valence-corrected chi connectivity index (χ2v) is 11.1. The highest BCUT2D eigenvalue weighted by Gasteiger charge is 2.72. The molecule has 2 fully saturated rings. The summed E-state index contributed by atoms with van der Waals surface area (Å²) >= 11 is 0. The average Bonchev–Trinajstić information content (AvgIpc) is 2.90. The van der Waals surface area contributed by atoms with E-state index in [9.17, 15) is 39.3 Å². The molecule has 5 N–H and O–H groups in total. The lowest BCUT2D eigenvalue weighted by atomic mass is 9.49. The first-order chi connectivity index (χ1) is 18.8. The molecule has 3 aliphatic carbocycles. The Labute approximate surface area is 230 Å². The number of Topliss-reactive ketones (excluding diaryl/α,β-unsaturated/α-hetero) is 4. The van der Waals surface area contributed by atoms with Crippen LogP contribution in [0.1, 0.15) is 39.9 Å². The Balaban J connectivity index is 1.64. The molecule has 2 unspecified atom stereocenters. The van der Waals surface area contributed by atoms with Crippen molar-refractivity contribution in [3.63, 3.8) is 0 Å². The maximum Gasteiger partial charge on any atom is 0.235 e. The van der Waals surface area contributed by atoms with Gasteiger partial charge in [-0.05, 0) is 31.1 Å². The van der Waals surface area contributed by atoms with Crippen molar-refractivity contribution in [2.75, 3.05) is 14.1 Å². The standard InChI is InChI=1S/C30H30N2O8/c1-13-16-12-11-15(10-9-14-7-5-4-6-8-14)23(33)18(16)24(34)19-17(13)25(35)21-22(32(2)3)26(36)20(29(31)39)28(38)30(21,40)27(19)37/h4-13,17,19-22,25,33,35,40H,1-3H3,(H2,31,39)/t13-,17+,19?,20?,21+,22-,25-,30-/m1/s1.